The molecule has 0 aliphatic heterocycles. The van der Waals surface area contributed by atoms with Gasteiger partial charge in [-0.1, -0.05) is 18.2 Å². The Kier molecular flexibility index (Phi) is 3.14. The molecule has 102 valence electrons. The maximum Gasteiger partial charge on any atom is 0.126 e. The van der Waals surface area contributed by atoms with E-state index in [-0.39, 0.29) is 5.75 Å². The third-order valence-corrected chi connectivity index (χ3v) is 3.45. The summed E-state index contributed by atoms with van der Waals surface area (Å²) >= 11 is 0. The van der Waals surface area contributed by atoms with Gasteiger partial charge in [0.25, 0.3) is 0 Å². The van der Waals surface area contributed by atoms with E-state index in [1.165, 1.54) is 6.07 Å². The summed E-state index contributed by atoms with van der Waals surface area (Å²) < 4.78 is 15.1. The van der Waals surface area contributed by atoms with Gasteiger partial charge in [0.1, 0.15) is 17.4 Å². The molecule has 1 N–H and O–H groups in total. The zero-order valence-corrected chi connectivity index (χ0v) is 11.2. The molecule has 0 aliphatic carbocycles. The molecule has 3 nitrogen and oxygen atoms in total. The molecule has 0 radical (unpaired) electrons. The van der Waals surface area contributed by atoms with Crippen LogP contribution >= 0.6 is 0 Å². The Balaban J connectivity index is 2.06. The molecule has 3 aromatic rings. The van der Waals surface area contributed by atoms with Gasteiger partial charge in [0.2, 0.25) is 0 Å². The summed E-state index contributed by atoms with van der Waals surface area (Å²) in [6.07, 6.45) is 0.481. The molecule has 20 heavy (non-hydrogen) atoms. The number of aryl methyl sites for hydroxylation is 1. The quantitative estimate of drug-likeness (QED) is 0.791. The lowest BCUT2D eigenvalue weighted by molar-refractivity contribution is 0.462. The average Bonchev–Trinajstić information content (AvgIpc) is 2.79. The van der Waals surface area contributed by atoms with Gasteiger partial charge in [0.15, 0.2) is 0 Å². The molecule has 0 amide bonds. The second-order valence-corrected chi connectivity index (χ2v) is 4.71. The molecule has 3 rings (SSSR count). The Morgan fingerprint density at radius 3 is 2.75 bits per heavy atom. The van der Waals surface area contributed by atoms with Gasteiger partial charge in [-0.15, -0.1) is 0 Å². The maximum absolute atomic E-state index is 13.0. The van der Waals surface area contributed by atoms with Gasteiger partial charge < -0.3 is 9.67 Å². The Morgan fingerprint density at radius 2 is 2.00 bits per heavy atom. The van der Waals surface area contributed by atoms with Crippen molar-refractivity contribution in [3.05, 3.63) is 59.7 Å². The second kappa shape index (κ2) is 4.96. The largest absolute Gasteiger partial charge is 0.508 e. The first-order valence-corrected chi connectivity index (χ1v) is 6.60. The number of nitrogens with zero attached hydrogens (tertiary/aromatic N) is 2. The Hall–Kier alpha value is -2.36. The van der Waals surface area contributed by atoms with Crippen molar-refractivity contribution in [2.45, 2.75) is 19.9 Å². The molecule has 0 unspecified atom stereocenters. The van der Waals surface area contributed by atoms with Crippen molar-refractivity contribution in [1.29, 1.82) is 0 Å². The molecule has 0 atom stereocenters. The Labute approximate surface area is 116 Å². The topological polar surface area (TPSA) is 38.0 Å². The maximum atomic E-state index is 13.0. The summed E-state index contributed by atoms with van der Waals surface area (Å²) in [7, 11) is 0. The van der Waals surface area contributed by atoms with Crippen LogP contribution < -0.4 is 0 Å². The number of halogens is 1. The number of benzene rings is 2. The molecule has 1 heterocycles. The lowest BCUT2D eigenvalue weighted by atomic mass is 10.1. The highest BCUT2D eigenvalue weighted by Crippen LogP contribution is 2.23. The zero-order chi connectivity index (χ0) is 14.1. The highest BCUT2D eigenvalue weighted by Gasteiger charge is 2.12. The van der Waals surface area contributed by atoms with Gasteiger partial charge in [0, 0.05) is 24.6 Å². The van der Waals surface area contributed by atoms with Crippen LogP contribution in [0.25, 0.3) is 11.0 Å². The third kappa shape index (κ3) is 2.13. The van der Waals surface area contributed by atoms with Crippen LogP contribution in [0.3, 0.4) is 0 Å². The van der Waals surface area contributed by atoms with E-state index in [1.54, 1.807) is 6.07 Å². The minimum Gasteiger partial charge on any atom is -0.508 e. The first-order chi connectivity index (χ1) is 9.69. The Bertz CT molecular complexity index is 764. The average molecular weight is 270 g/mol. The number of phenolic OH excluding ortho intramolecular Hbond substituents is 1. The minimum atomic E-state index is -0.435. The van der Waals surface area contributed by atoms with Crippen molar-refractivity contribution in [3.8, 4) is 5.75 Å². The van der Waals surface area contributed by atoms with Gasteiger partial charge in [-0.25, -0.2) is 9.37 Å². The molecule has 4 heteroatoms. The van der Waals surface area contributed by atoms with Crippen LogP contribution in [0.15, 0.2) is 42.5 Å². The van der Waals surface area contributed by atoms with Crippen molar-refractivity contribution in [2.24, 2.45) is 0 Å². The van der Waals surface area contributed by atoms with Crippen LogP contribution in [-0.4, -0.2) is 14.7 Å². The lowest BCUT2D eigenvalue weighted by Gasteiger charge is -2.07. The van der Waals surface area contributed by atoms with E-state index in [1.807, 2.05) is 24.3 Å². The number of para-hydroxylation sites is 2. The van der Waals surface area contributed by atoms with E-state index in [0.29, 0.717) is 12.0 Å². The summed E-state index contributed by atoms with van der Waals surface area (Å²) in [4.78, 5) is 4.60. The van der Waals surface area contributed by atoms with E-state index in [4.69, 9.17) is 0 Å². The van der Waals surface area contributed by atoms with Gasteiger partial charge in [-0.05, 0) is 25.1 Å². The predicted octanol–water partition coefficient (Wildman–Crippen LogP) is 3.49. The van der Waals surface area contributed by atoms with Crippen molar-refractivity contribution in [2.75, 3.05) is 0 Å². The van der Waals surface area contributed by atoms with Crippen LogP contribution in [0.5, 0.6) is 5.75 Å². The summed E-state index contributed by atoms with van der Waals surface area (Å²) in [5, 5.41) is 9.81. The van der Waals surface area contributed by atoms with E-state index < -0.39 is 5.82 Å². The van der Waals surface area contributed by atoms with Crippen LogP contribution in [0.2, 0.25) is 0 Å². The summed E-state index contributed by atoms with van der Waals surface area (Å²) in [5.41, 5.74) is 2.69. The van der Waals surface area contributed by atoms with Crippen LogP contribution in [-0.2, 0) is 13.0 Å². The molecule has 0 saturated carbocycles. The SMILES string of the molecule is CCn1c(Cc2ccc(F)cc2O)nc2ccccc21. The normalized spacial score (nSPS) is 11.1. The molecule has 0 fully saturated rings. The predicted molar refractivity (Wildman–Crippen MR) is 76.3 cm³/mol. The first kappa shape index (κ1) is 12.7. The second-order valence-electron chi connectivity index (χ2n) is 4.71. The highest BCUT2D eigenvalue weighted by molar-refractivity contribution is 5.76. The van der Waals surface area contributed by atoms with E-state index in [9.17, 15) is 9.50 Å². The van der Waals surface area contributed by atoms with Crippen LogP contribution in [0.4, 0.5) is 4.39 Å². The number of hydrogen-bond acceptors (Lipinski definition) is 2. The molecule has 0 aliphatic rings. The number of aromatic hydroxyl groups is 1. The van der Waals surface area contributed by atoms with Crippen LogP contribution in [0.1, 0.15) is 18.3 Å². The summed E-state index contributed by atoms with van der Waals surface area (Å²) in [6, 6.07) is 12.0. The zero-order valence-electron chi connectivity index (χ0n) is 11.2. The van der Waals surface area contributed by atoms with E-state index in [2.05, 4.69) is 16.5 Å². The fraction of sp³-hybridized carbons (Fsp3) is 0.188. The van der Waals surface area contributed by atoms with Crippen LogP contribution in [0, 0.1) is 5.82 Å². The van der Waals surface area contributed by atoms with Gasteiger partial charge in [-0.2, -0.15) is 0 Å². The lowest BCUT2D eigenvalue weighted by Crippen LogP contribution is -2.03. The molecular weight excluding hydrogens is 255 g/mol. The van der Waals surface area contributed by atoms with E-state index >= 15 is 0 Å². The molecular formula is C16H15FN2O. The van der Waals surface area contributed by atoms with Gasteiger partial charge in [-0.3, -0.25) is 0 Å². The summed E-state index contributed by atoms with van der Waals surface area (Å²) in [6.45, 7) is 2.86. The number of fused-ring (bicyclic) bond motifs is 1. The molecule has 0 bridgehead atoms. The summed E-state index contributed by atoms with van der Waals surface area (Å²) in [5.74, 6) is 0.408. The number of imidazole rings is 1. The van der Waals surface area contributed by atoms with Crippen molar-refractivity contribution < 1.29 is 9.50 Å². The number of rotatable bonds is 3. The third-order valence-electron chi connectivity index (χ3n) is 3.45. The van der Waals surface area contributed by atoms with Crippen molar-refractivity contribution >= 4 is 11.0 Å². The molecule has 0 spiro atoms. The molecule has 0 saturated heterocycles. The number of aromatic nitrogens is 2. The van der Waals surface area contributed by atoms with Crippen molar-refractivity contribution in [1.82, 2.24) is 9.55 Å². The smallest absolute Gasteiger partial charge is 0.126 e. The van der Waals surface area contributed by atoms with Gasteiger partial charge in [0.05, 0.1) is 11.0 Å². The fourth-order valence-corrected chi connectivity index (χ4v) is 2.47. The number of hydrogen-bond donors (Lipinski definition) is 1. The van der Waals surface area contributed by atoms with E-state index in [0.717, 1.165) is 29.5 Å². The molecule has 2 aromatic carbocycles. The minimum absolute atomic E-state index is 0.0280. The molecule has 1 aromatic heterocycles. The number of phenols is 1. The van der Waals surface area contributed by atoms with Crippen molar-refractivity contribution in [3.63, 3.8) is 0 Å². The Morgan fingerprint density at radius 1 is 1.20 bits per heavy atom. The standard InChI is InChI=1S/C16H15FN2O/c1-2-19-14-6-4-3-5-13(14)18-16(19)9-11-7-8-12(17)10-15(11)20/h3-8,10,20H,2,9H2,1H3. The monoisotopic (exact) mass is 270 g/mol. The highest BCUT2D eigenvalue weighted by atomic mass is 19.1. The fourth-order valence-electron chi connectivity index (χ4n) is 2.47. The van der Waals surface area contributed by atoms with Gasteiger partial charge >= 0.3 is 0 Å². The first-order valence-electron chi connectivity index (χ1n) is 6.60.